The summed E-state index contributed by atoms with van der Waals surface area (Å²) in [4.78, 5) is 27.7. The van der Waals surface area contributed by atoms with Gasteiger partial charge in [-0.3, -0.25) is 14.9 Å². The number of nitro benzene ring substituents is 1. The minimum atomic E-state index is -0.437. The molecular formula is C20H21N3O4S. The zero-order valence-corrected chi connectivity index (χ0v) is 16.6. The van der Waals surface area contributed by atoms with Crippen LogP contribution in [0.3, 0.4) is 0 Å². The highest BCUT2D eigenvalue weighted by Gasteiger charge is 2.11. The number of aromatic nitrogens is 1. The third kappa shape index (κ3) is 4.45. The van der Waals surface area contributed by atoms with Gasteiger partial charge in [0.2, 0.25) is 0 Å². The van der Waals surface area contributed by atoms with E-state index in [2.05, 4.69) is 11.9 Å². The van der Waals surface area contributed by atoms with Crippen LogP contribution >= 0.6 is 11.3 Å². The molecule has 0 bridgehead atoms. The fourth-order valence-corrected chi connectivity index (χ4v) is 3.78. The fourth-order valence-electron chi connectivity index (χ4n) is 2.73. The second kappa shape index (κ2) is 8.79. The second-order valence-electron chi connectivity index (χ2n) is 6.35. The molecule has 7 nitrogen and oxygen atoms in total. The van der Waals surface area contributed by atoms with Crippen LogP contribution in [-0.4, -0.2) is 22.0 Å². The number of non-ortho nitro benzene ring substituents is 1. The normalized spacial score (nSPS) is 11.7. The first-order valence-corrected chi connectivity index (χ1v) is 9.87. The largest absolute Gasteiger partial charge is 0.494 e. The van der Waals surface area contributed by atoms with Crippen LogP contribution in [0.1, 0.15) is 36.5 Å². The molecule has 146 valence electrons. The van der Waals surface area contributed by atoms with Crippen molar-refractivity contribution in [2.24, 2.45) is 12.0 Å². The predicted octanol–water partition coefficient (Wildman–Crippen LogP) is 4.46. The van der Waals surface area contributed by atoms with Gasteiger partial charge < -0.3 is 9.30 Å². The van der Waals surface area contributed by atoms with Gasteiger partial charge in [-0.1, -0.05) is 31.1 Å². The minimum Gasteiger partial charge on any atom is -0.494 e. The lowest BCUT2D eigenvalue weighted by Gasteiger charge is -2.05. The number of carbonyl (C=O) groups is 1. The zero-order chi connectivity index (χ0) is 20.1. The van der Waals surface area contributed by atoms with Gasteiger partial charge in [0.15, 0.2) is 4.80 Å². The summed E-state index contributed by atoms with van der Waals surface area (Å²) in [7, 11) is 1.78. The van der Waals surface area contributed by atoms with Crippen LogP contribution in [0.4, 0.5) is 5.69 Å². The molecule has 0 saturated heterocycles. The second-order valence-corrected chi connectivity index (χ2v) is 7.36. The number of ether oxygens (including phenoxy) is 1. The zero-order valence-electron chi connectivity index (χ0n) is 15.8. The summed E-state index contributed by atoms with van der Waals surface area (Å²) < 4.78 is 8.12. The standard InChI is InChI=1S/C20H21N3O4S/c1-3-4-5-12-27-16-9-6-14(7-10-16)19(24)21-20-22(2)17-11-8-15(23(25)26)13-18(17)28-20/h6-11,13H,3-5,12H2,1-2H3. The van der Waals surface area contributed by atoms with Crippen molar-refractivity contribution in [1.82, 2.24) is 4.57 Å². The van der Waals surface area contributed by atoms with Gasteiger partial charge in [0.1, 0.15) is 5.75 Å². The van der Waals surface area contributed by atoms with Crippen molar-refractivity contribution >= 4 is 33.1 Å². The third-order valence-electron chi connectivity index (χ3n) is 4.32. The van der Waals surface area contributed by atoms with E-state index in [1.54, 1.807) is 41.9 Å². The lowest BCUT2D eigenvalue weighted by molar-refractivity contribution is -0.384. The van der Waals surface area contributed by atoms with Crippen LogP contribution in [0, 0.1) is 10.1 Å². The molecule has 0 atom stereocenters. The summed E-state index contributed by atoms with van der Waals surface area (Å²) >= 11 is 1.24. The van der Waals surface area contributed by atoms with Crippen LogP contribution < -0.4 is 9.54 Å². The summed E-state index contributed by atoms with van der Waals surface area (Å²) in [5.74, 6) is 0.363. The number of amides is 1. The lowest BCUT2D eigenvalue weighted by atomic mass is 10.2. The number of hydrogen-bond donors (Lipinski definition) is 0. The molecule has 1 heterocycles. The molecule has 8 heteroatoms. The molecule has 3 aromatic rings. The number of thiazole rings is 1. The number of fused-ring (bicyclic) bond motifs is 1. The SMILES string of the molecule is CCCCCOc1ccc(C(=O)N=c2sc3cc([N+](=O)[O-])ccc3n2C)cc1. The predicted molar refractivity (Wildman–Crippen MR) is 109 cm³/mol. The molecule has 0 fully saturated rings. The van der Waals surface area contributed by atoms with Crippen molar-refractivity contribution in [3.05, 3.63) is 62.9 Å². The molecule has 0 radical (unpaired) electrons. The first-order valence-electron chi connectivity index (χ1n) is 9.05. The summed E-state index contributed by atoms with van der Waals surface area (Å²) in [6.07, 6.45) is 3.28. The quantitative estimate of drug-likeness (QED) is 0.333. The van der Waals surface area contributed by atoms with Gasteiger partial charge in [-0.2, -0.15) is 4.99 Å². The maximum absolute atomic E-state index is 12.5. The average molecular weight is 399 g/mol. The fraction of sp³-hybridized carbons (Fsp3) is 0.300. The molecule has 0 aliphatic heterocycles. The summed E-state index contributed by atoms with van der Waals surface area (Å²) in [6.45, 7) is 2.80. The molecule has 0 N–H and O–H groups in total. The Bertz CT molecular complexity index is 1070. The molecule has 1 aromatic heterocycles. The van der Waals surface area contributed by atoms with Crippen LogP contribution in [-0.2, 0) is 7.05 Å². The van der Waals surface area contributed by atoms with Crippen LogP contribution in [0.15, 0.2) is 47.5 Å². The Morgan fingerprint density at radius 1 is 1.21 bits per heavy atom. The first-order chi connectivity index (χ1) is 13.5. The molecule has 0 aliphatic rings. The smallest absolute Gasteiger partial charge is 0.279 e. The molecule has 3 rings (SSSR count). The van der Waals surface area contributed by atoms with E-state index < -0.39 is 4.92 Å². The van der Waals surface area contributed by atoms with Crippen molar-refractivity contribution < 1.29 is 14.5 Å². The van der Waals surface area contributed by atoms with Gasteiger partial charge in [0, 0.05) is 24.7 Å². The van der Waals surface area contributed by atoms with Crippen LogP contribution in [0.2, 0.25) is 0 Å². The molecule has 2 aromatic carbocycles. The molecule has 0 unspecified atom stereocenters. The van der Waals surface area contributed by atoms with E-state index in [9.17, 15) is 14.9 Å². The Hall–Kier alpha value is -3.00. The average Bonchev–Trinajstić information content (AvgIpc) is 3.00. The summed E-state index contributed by atoms with van der Waals surface area (Å²) in [5, 5.41) is 10.9. The highest BCUT2D eigenvalue weighted by Crippen LogP contribution is 2.22. The van der Waals surface area contributed by atoms with E-state index in [-0.39, 0.29) is 11.6 Å². The van der Waals surface area contributed by atoms with Crippen molar-refractivity contribution in [2.45, 2.75) is 26.2 Å². The maximum Gasteiger partial charge on any atom is 0.279 e. The first kappa shape index (κ1) is 19.8. The molecule has 1 amide bonds. The lowest BCUT2D eigenvalue weighted by Crippen LogP contribution is -2.13. The van der Waals surface area contributed by atoms with Gasteiger partial charge in [0.25, 0.3) is 11.6 Å². The summed E-state index contributed by atoms with van der Waals surface area (Å²) in [5.41, 5.74) is 1.27. The number of nitro groups is 1. The Kier molecular flexibility index (Phi) is 6.20. The molecular weight excluding hydrogens is 378 g/mol. The molecule has 0 aliphatic carbocycles. The highest BCUT2D eigenvalue weighted by atomic mass is 32.1. The van der Waals surface area contributed by atoms with Crippen molar-refractivity contribution in [3.63, 3.8) is 0 Å². The Labute approximate surface area is 166 Å². The monoisotopic (exact) mass is 399 g/mol. The van der Waals surface area contributed by atoms with E-state index in [0.717, 1.165) is 30.5 Å². The Morgan fingerprint density at radius 3 is 2.64 bits per heavy atom. The Morgan fingerprint density at radius 2 is 1.96 bits per heavy atom. The number of nitrogens with zero attached hydrogens (tertiary/aromatic N) is 3. The van der Waals surface area contributed by atoms with Crippen molar-refractivity contribution in [3.8, 4) is 5.75 Å². The van der Waals surface area contributed by atoms with Crippen LogP contribution in [0.25, 0.3) is 10.2 Å². The topological polar surface area (TPSA) is 86.7 Å². The number of unbranched alkanes of at least 4 members (excludes halogenated alkanes) is 2. The van der Waals surface area contributed by atoms with Gasteiger partial charge in [-0.15, -0.1) is 0 Å². The summed E-state index contributed by atoms with van der Waals surface area (Å²) in [6, 6.07) is 11.5. The van der Waals surface area contributed by atoms with E-state index in [4.69, 9.17) is 4.74 Å². The van der Waals surface area contributed by atoms with E-state index >= 15 is 0 Å². The van der Waals surface area contributed by atoms with Gasteiger partial charge in [-0.05, 0) is 36.8 Å². The van der Waals surface area contributed by atoms with Crippen molar-refractivity contribution in [1.29, 1.82) is 0 Å². The van der Waals surface area contributed by atoms with E-state index in [1.165, 1.54) is 23.5 Å². The van der Waals surface area contributed by atoms with E-state index in [1.807, 2.05) is 0 Å². The number of benzene rings is 2. The van der Waals surface area contributed by atoms with Gasteiger partial charge in [0.05, 0.1) is 21.7 Å². The number of hydrogen-bond acceptors (Lipinski definition) is 5. The number of rotatable bonds is 7. The Balaban J connectivity index is 1.80. The van der Waals surface area contributed by atoms with E-state index in [0.29, 0.717) is 21.7 Å². The minimum absolute atomic E-state index is 0.0155. The van der Waals surface area contributed by atoms with Crippen molar-refractivity contribution in [2.75, 3.05) is 6.61 Å². The van der Waals surface area contributed by atoms with Crippen LogP contribution in [0.5, 0.6) is 5.75 Å². The van der Waals surface area contributed by atoms with Gasteiger partial charge >= 0.3 is 0 Å². The van der Waals surface area contributed by atoms with Gasteiger partial charge in [-0.25, -0.2) is 0 Å². The molecule has 0 spiro atoms. The molecule has 28 heavy (non-hydrogen) atoms. The maximum atomic E-state index is 12.5. The number of carbonyl (C=O) groups excluding carboxylic acids is 1. The molecule has 0 saturated carbocycles. The third-order valence-corrected chi connectivity index (χ3v) is 5.41. The highest BCUT2D eigenvalue weighted by molar-refractivity contribution is 7.16. The number of aryl methyl sites for hydroxylation is 1.